The van der Waals surface area contributed by atoms with Gasteiger partial charge in [-0.1, -0.05) is 0 Å². The largest absolute Gasteiger partial charge is 0.482 e. The molecule has 0 fully saturated rings. The summed E-state index contributed by atoms with van der Waals surface area (Å²) in [5.41, 5.74) is 0.610. The third-order valence-corrected chi connectivity index (χ3v) is 1.71. The SMILES string of the molecule is CCOC(=O)COc1ccc(N[C]=O)cc1. The highest BCUT2D eigenvalue weighted by molar-refractivity contribution is 5.72. The summed E-state index contributed by atoms with van der Waals surface area (Å²) >= 11 is 0. The highest BCUT2D eigenvalue weighted by Gasteiger charge is 2.02. The smallest absolute Gasteiger partial charge is 0.344 e. The van der Waals surface area contributed by atoms with Gasteiger partial charge in [-0.05, 0) is 31.2 Å². The monoisotopic (exact) mass is 222 g/mol. The van der Waals surface area contributed by atoms with Gasteiger partial charge in [-0.3, -0.25) is 4.79 Å². The van der Waals surface area contributed by atoms with Crippen LogP contribution >= 0.6 is 0 Å². The molecule has 1 aromatic rings. The van der Waals surface area contributed by atoms with Crippen LogP contribution in [0.2, 0.25) is 0 Å². The van der Waals surface area contributed by atoms with Crippen molar-refractivity contribution < 1.29 is 19.1 Å². The van der Waals surface area contributed by atoms with E-state index in [2.05, 4.69) is 5.32 Å². The number of rotatable bonds is 6. The van der Waals surface area contributed by atoms with E-state index >= 15 is 0 Å². The Balaban J connectivity index is 2.42. The minimum Gasteiger partial charge on any atom is -0.482 e. The van der Waals surface area contributed by atoms with E-state index in [0.717, 1.165) is 0 Å². The first-order chi connectivity index (χ1) is 7.76. The lowest BCUT2D eigenvalue weighted by Crippen LogP contribution is -2.14. The molecule has 0 aliphatic heterocycles. The van der Waals surface area contributed by atoms with Crippen molar-refractivity contribution in [2.24, 2.45) is 0 Å². The van der Waals surface area contributed by atoms with Crippen molar-refractivity contribution in [1.82, 2.24) is 0 Å². The molecule has 1 N–H and O–H groups in total. The second kappa shape index (κ2) is 6.44. The van der Waals surface area contributed by atoms with Crippen LogP contribution in [0.1, 0.15) is 6.92 Å². The fourth-order valence-electron chi connectivity index (χ4n) is 1.04. The maximum absolute atomic E-state index is 11.0. The molecular formula is C11H12NO4. The van der Waals surface area contributed by atoms with Crippen LogP contribution in [0, 0.1) is 0 Å². The molecule has 0 saturated heterocycles. The number of hydrogen-bond donors (Lipinski definition) is 1. The molecular weight excluding hydrogens is 210 g/mol. The predicted molar refractivity (Wildman–Crippen MR) is 57.9 cm³/mol. The Hall–Kier alpha value is -2.04. The van der Waals surface area contributed by atoms with E-state index in [1.807, 2.05) is 0 Å². The van der Waals surface area contributed by atoms with Gasteiger partial charge in [-0.2, -0.15) is 0 Å². The minimum atomic E-state index is -0.411. The molecule has 85 valence electrons. The van der Waals surface area contributed by atoms with Crippen molar-refractivity contribution in [3.05, 3.63) is 24.3 Å². The van der Waals surface area contributed by atoms with Crippen LogP contribution in [0.4, 0.5) is 5.69 Å². The second-order valence-electron chi connectivity index (χ2n) is 2.85. The summed E-state index contributed by atoms with van der Waals surface area (Å²) in [7, 11) is 0. The molecule has 0 aromatic heterocycles. The molecule has 0 aliphatic carbocycles. The van der Waals surface area contributed by atoms with Gasteiger partial charge in [-0.15, -0.1) is 0 Å². The lowest BCUT2D eigenvalue weighted by Gasteiger charge is -2.06. The van der Waals surface area contributed by atoms with Gasteiger partial charge in [0.05, 0.1) is 6.61 Å². The van der Waals surface area contributed by atoms with Crippen LogP contribution in [0.25, 0.3) is 0 Å². The first-order valence-electron chi connectivity index (χ1n) is 4.78. The second-order valence-corrected chi connectivity index (χ2v) is 2.85. The van der Waals surface area contributed by atoms with Gasteiger partial charge in [0.2, 0.25) is 0 Å². The van der Waals surface area contributed by atoms with E-state index in [0.29, 0.717) is 18.0 Å². The molecule has 0 bridgehead atoms. The topological polar surface area (TPSA) is 64.6 Å². The Kier molecular flexibility index (Phi) is 4.85. The summed E-state index contributed by atoms with van der Waals surface area (Å²) in [4.78, 5) is 21.0. The zero-order valence-electron chi connectivity index (χ0n) is 8.86. The number of carbonyl (C=O) groups excluding carboxylic acids is 2. The van der Waals surface area contributed by atoms with Crippen molar-refractivity contribution in [3.63, 3.8) is 0 Å². The van der Waals surface area contributed by atoms with E-state index in [4.69, 9.17) is 9.47 Å². The molecule has 0 saturated carbocycles. The van der Waals surface area contributed by atoms with Crippen LogP contribution in [0.3, 0.4) is 0 Å². The fourth-order valence-corrected chi connectivity index (χ4v) is 1.04. The van der Waals surface area contributed by atoms with E-state index in [9.17, 15) is 9.59 Å². The van der Waals surface area contributed by atoms with E-state index in [1.54, 1.807) is 37.6 Å². The predicted octanol–water partition coefficient (Wildman–Crippen LogP) is 1.11. The molecule has 5 heteroatoms. The van der Waals surface area contributed by atoms with Crippen molar-refractivity contribution in [2.45, 2.75) is 6.92 Å². The Labute approximate surface area is 93.4 Å². The van der Waals surface area contributed by atoms with E-state index < -0.39 is 5.97 Å². The van der Waals surface area contributed by atoms with Gasteiger partial charge in [0, 0.05) is 5.69 Å². The molecule has 1 rings (SSSR count). The lowest BCUT2D eigenvalue weighted by molar-refractivity contribution is -0.145. The molecule has 16 heavy (non-hydrogen) atoms. The highest BCUT2D eigenvalue weighted by atomic mass is 16.6. The molecule has 0 unspecified atom stereocenters. The van der Waals surface area contributed by atoms with Crippen molar-refractivity contribution in [3.8, 4) is 5.75 Å². The first kappa shape index (κ1) is 12.0. The normalized spacial score (nSPS) is 9.31. The zero-order chi connectivity index (χ0) is 11.8. The molecule has 1 amide bonds. The van der Waals surface area contributed by atoms with Gasteiger partial charge < -0.3 is 14.8 Å². The van der Waals surface area contributed by atoms with Crippen molar-refractivity contribution >= 4 is 18.1 Å². The fraction of sp³-hybridized carbons (Fsp3) is 0.273. The molecule has 0 aliphatic rings. The first-order valence-corrected chi connectivity index (χ1v) is 4.78. The summed E-state index contributed by atoms with van der Waals surface area (Å²) in [6.07, 6.45) is 1.56. The average molecular weight is 222 g/mol. The van der Waals surface area contributed by atoms with Gasteiger partial charge in [0.15, 0.2) is 6.61 Å². The van der Waals surface area contributed by atoms with Gasteiger partial charge in [-0.25, -0.2) is 4.79 Å². The molecule has 0 atom stereocenters. The summed E-state index contributed by atoms with van der Waals surface area (Å²) < 4.78 is 9.85. The van der Waals surface area contributed by atoms with Gasteiger partial charge in [0.1, 0.15) is 5.75 Å². The number of amides is 1. The minimum absolute atomic E-state index is 0.125. The van der Waals surface area contributed by atoms with Crippen LogP contribution in [0.15, 0.2) is 24.3 Å². The van der Waals surface area contributed by atoms with Crippen LogP contribution in [-0.4, -0.2) is 25.6 Å². The number of carbonyl (C=O) groups is 1. The van der Waals surface area contributed by atoms with Crippen LogP contribution in [-0.2, 0) is 14.3 Å². The third kappa shape index (κ3) is 4.00. The molecule has 0 spiro atoms. The lowest BCUT2D eigenvalue weighted by atomic mass is 10.3. The average Bonchev–Trinajstić information content (AvgIpc) is 2.29. The molecule has 1 radical (unpaired) electrons. The molecule has 5 nitrogen and oxygen atoms in total. The molecule has 0 heterocycles. The summed E-state index contributed by atoms with van der Waals surface area (Å²) in [5, 5.41) is 2.37. The Morgan fingerprint density at radius 1 is 1.38 bits per heavy atom. The van der Waals surface area contributed by atoms with Crippen molar-refractivity contribution in [1.29, 1.82) is 0 Å². The quantitative estimate of drug-likeness (QED) is 0.578. The number of anilines is 1. The zero-order valence-corrected chi connectivity index (χ0v) is 8.86. The van der Waals surface area contributed by atoms with Crippen LogP contribution < -0.4 is 10.1 Å². The maximum Gasteiger partial charge on any atom is 0.344 e. The summed E-state index contributed by atoms with van der Waals surface area (Å²) in [5.74, 6) is 0.121. The van der Waals surface area contributed by atoms with E-state index in [1.165, 1.54) is 0 Å². The summed E-state index contributed by atoms with van der Waals surface area (Å²) in [6.45, 7) is 1.94. The Bertz CT molecular complexity index is 348. The highest BCUT2D eigenvalue weighted by Crippen LogP contribution is 2.14. The number of esters is 1. The van der Waals surface area contributed by atoms with Crippen LogP contribution in [0.5, 0.6) is 5.75 Å². The standard InChI is InChI=1S/C11H12NO4/c1-2-15-11(14)7-16-10-5-3-9(4-6-10)12-8-13/h3-6H,2,7H2,1H3,(H,12,13). The Morgan fingerprint density at radius 2 is 2.06 bits per heavy atom. The number of benzene rings is 1. The maximum atomic E-state index is 11.0. The number of hydrogen-bond acceptors (Lipinski definition) is 4. The number of ether oxygens (including phenoxy) is 2. The van der Waals surface area contributed by atoms with Crippen molar-refractivity contribution in [2.75, 3.05) is 18.5 Å². The van der Waals surface area contributed by atoms with E-state index in [-0.39, 0.29) is 6.61 Å². The van der Waals surface area contributed by atoms with Gasteiger partial charge in [0.25, 0.3) is 0 Å². The third-order valence-electron chi connectivity index (χ3n) is 1.71. The Morgan fingerprint density at radius 3 is 2.62 bits per heavy atom. The number of nitrogens with one attached hydrogen (secondary N) is 1. The molecule has 1 aromatic carbocycles. The van der Waals surface area contributed by atoms with Gasteiger partial charge >= 0.3 is 12.4 Å². The summed E-state index contributed by atoms with van der Waals surface area (Å²) in [6, 6.07) is 6.56.